The van der Waals surface area contributed by atoms with Gasteiger partial charge >= 0.3 is 6.01 Å². The Hall–Kier alpha value is -3.24. The van der Waals surface area contributed by atoms with Gasteiger partial charge in [-0.15, -0.1) is 11.3 Å². The fourth-order valence-corrected chi connectivity index (χ4v) is 6.28. The predicted octanol–water partition coefficient (Wildman–Crippen LogP) is 0.793. The number of tetrazole rings is 1. The molecule has 34 heavy (non-hydrogen) atoms. The van der Waals surface area contributed by atoms with Crippen molar-refractivity contribution in [2.24, 2.45) is 0 Å². The number of nitrogens with zero attached hydrogens (tertiary/aromatic N) is 7. The van der Waals surface area contributed by atoms with E-state index in [4.69, 9.17) is 14.2 Å². The number of nitrogens with one attached hydrogen (secondary N) is 1. The average molecular weight is 503 g/mol. The normalized spacial score (nSPS) is 24.4. The molecular weight excluding hydrogens is 484 g/mol. The van der Waals surface area contributed by atoms with E-state index < -0.39 is 28.3 Å². The van der Waals surface area contributed by atoms with Crippen molar-refractivity contribution < 1.29 is 22.6 Å². The third kappa shape index (κ3) is 3.86. The lowest BCUT2D eigenvalue weighted by atomic mass is 10.1. The molecule has 15 heteroatoms. The number of rotatable bonds is 7. The molecule has 1 N–H and O–H groups in total. The minimum Gasteiger partial charge on any atom is -0.423 e. The Morgan fingerprint density at radius 3 is 2.74 bits per heavy atom. The number of fused-ring (bicyclic) bond motifs is 1. The lowest BCUT2D eigenvalue weighted by Crippen LogP contribution is -2.43. The van der Waals surface area contributed by atoms with Gasteiger partial charge in [0.25, 0.3) is 0 Å². The highest BCUT2D eigenvalue weighted by molar-refractivity contribution is 7.91. The molecule has 2 aliphatic rings. The number of sulfonamides is 1. The number of benzene rings is 1. The summed E-state index contributed by atoms with van der Waals surface area (Å²) >= 11 is 1.15. The van der Waals surface area contributed by atoms with E-state index in [1.165, 1.54) is 11.0 Å². The topological polar surface area (TPSA) is 148 Å². The molecule has 176 valence electrons. The lowest BCUT2D eigenvalue weighted by Gasteiger charge is -2.18. The van der Waals surface area contributed by atoms with Crippen molar-refractivity contribution in [3.8, 4) is 17.4 Å². The van der Waals surface area contributed by atoms with E-state index in [0.29, 0.717) is 5.75 Å². The molecule has 0 saturated carbocycles. The molecule has 0 spiro atoms. The maximum absolute atomic E-state index is 12.6. The van der Waals surface area contributed by atoms with E-state index in [0.717, 1.165) is 17.0 Å². The van der Waals surface area contributed by atoms with Crippen molar-refractivity contribution >= 4 is 21.4 Å². The third-order valence-corrected chi connectivity index (χ3v) is 8.49. The SMILES string of the molecule is O=S(=O)(N[C@H]1CO[C@H]2[C@@H]1OC[C@@H]2n1nnnc1Oc1ccc(-n2cncn2)cc1)c1cccs1. The number of ether oxygens (including phenoxy) is 3. The second-order valence-electron chi connectivity index (χ2n) is 7.67. The summed E-state index contributed by atoms with van der Waals surface area (Å²) in [6, 6.07) is 9.73. The number of thiophene rings is 1. The lowest BCUT2D eigenvalue weighted by molar-refractivity contribution is 0.0615. The second-order valence-corrected chi connectivity index (χ2v) is 10.6. The molecule has 13 nitrogen and oxygen atoms in total. The van der Waals surface area contributed by atoms with E-state index in [1.807, 2.05) is 12.1 Å². The van der Waals surface area contributed by atoms with Crippen molar-refractivity contribution in [1.82, 2.24) is 39.7 Å². The molecule has 0 radical (unpaired) electrons. The molecule has 2 saturated heterocycles. The van der Waals surface area contributed by atoms with Crippen LogP contribution in [0, 0.1) is 0 Å². The maximum Gasteiger partial charge on any atom is 0.341 e. The minimum absolute atomic E-state index is 0.175. The van der Waals surface area contributed by atoms with Crippen LogP contribution in [0.5, 0.6) is 11.8 Å². The fourth-order valence-electron chi connectivity index (χ4n) is 4.04. The first-order chi connectivity index (χ1) is 16.6. The number of hydrogen-bond donors (Lipinski definition) is 1. The molecule has 1 aromatic carbocycles. The average Bonchev–Trinajstić information content (AvgIpc) is 3.65. The number of aromatic nitrogens is 7. The molecule has 3 aromatic heterocycles. The van der Waals surface area contributed by atoms with Crippen LogP contribution in [0.1, 0.15) is 6.04 Å². The van der Waals surface area contributed by atoms with Crippen molar-refractivity contribution in [2.75, 3.05) is 13.2 Å². The Balaban J connectivity index is 1.16. The standard InChI is InChI=1S/C19H18N8O5S2/c28-34(29,16-2-1-7-33-16)23-14-8-30-18-15(9-31-17(14)18)27-19(22-24-25-27)32-13-5-3-12(4-6-13)26-11-20-10-21-26/h1-7,10-11,14-15,17-18,23H,8-9H2/t14-,15-,17+,18+/m0/s1. The second kappa shape index (κ2) is 8.52. The zero-order chi connectivity index (χ0) is 23.1. The monoisotopic (exact) mass is 502 g/mol. The van der Waals surface area contributed by atoms with Gasteiger partial charge in [0.1, 0.15) is 40.9 Å². The molecular formula is C19H18N8O5S2. The highest BCUT2D eigenvalue weighted by Gasteiger charge is 2.51. The van der Waals surface area contributed by atoms with E-state index in [1.54, 1.807) is 40.7 Å². The molecule has 0 aliphatic carbocycles. The van der Waals surface area contributed by atoms with Crippen LogP contribution in [0.3, 0.4) is 0 Å². The van der Waals surface area contributed by atoms with Crippen molar-refractivity contribution in [2.45, 2.75) is 28.5 Å². The van der Waals surface area contributed by atoms with Crippen LogP contribution in [0.4, 0.5) is 0 Å². The summed E-state index contributed by atoms with van der Waals surface area (Å²) in [4.78, 5) is 3.93. The van der Waals surface area contributed by atoms with Gasteiger partial charge < -0.3 is 14.2 Å². The van der Waals surface area contributed by atoms with Gasteiger partial charge in [-0.1, -0.05) is 11.2 Å². The zero-order valence-corrected chi connectivity index (χ0v) is 19.0. The quantitative estimate of drug-likeness (QED) is 0.384. The summed E-state index contributed by atoms with van der Waals surface area (Å²) in [6.07, 6.45) is 2.15. The first-order valence-corrected chi connectivity index (χ1v) is 12.6. The Bertz CT molecular complexity index is 1360. The predicted molar refractivity (Wildman–Crippen MR) is 116 cm³/mol. The molecule has 2 fully saturated rings. The Morgan fingerprint density at radius 2 is 1.97 bits per heavy atom. The van der Waals surface area contributed by atoms with Crippen LogP contribution < -0.4 is 9.46 Å². The third-order valence-electron chi connectivity index (χ3n) is 5.60. The van der Waals surface area contributed by atoms with E-state index in [9.17, 15) is 8.42 Å². The fraction of sp³-hybridized carbons (Fsp3) is 0.316. The first-order valence-electron chi connectivity index (χ1n) is 10.3. The summed E-state index contributed by atoms with van der Waals surface area (Å²) in [6.45, 7) is 0.428. The summed E-state index contributed by atoms with van der Waals surface area (Å²) in [5.41, 5.74) is 0.826. The summed E-state index contributed by atoms with van der Waals surface area (Å²) in [5, 5.41) is 17.6. The van der Waals surface area contributed by atoms with E-state index in [2.05, 4.69) is 30.3 Å². The van der Waals surface area contributed by atoms with Gasteiger partial charge in [-0.3, -0.25) is 0 Å². The van der Waals surface area contributed by atoms with Crippen LogP contribution in [0.15, 0.2) is 58.6 Å². The summed E-state index contributed by atoms with van der Waals surface area (Å²) in [7, 11) is -3.65. The van der Waals surface area contributed by atoms with Crippen molar-refractivity contribution in [3.63, 3.8) is 0 Å². The van der Waals surface area contributed by atoms with Gasteiger partial charge in [-0.2, -0.15) is 9.78 Å². The molecule has 6 rings (SSSR count). The van der Waals surface area contributed by atoms with Crippen molar-refractivity contribution in [3.05, 3.63) is 54.4 Å². The summed E-state index contributed by atoms with van der Waals surface area (Å²) < 4.78 is 49.1. The van der Waals surface area contributed by atoms with Crippen LogP contribution in [-0.2, 0) is 19.5 Å². The van der Waals surface area contributed by atoms with Crippen molar-refractivity contribution in [1.29, 1.82) is 0 Å². The van der Waals surface area contributed by atoms with Crippen LogP contribution in [0.2, 0.25) is 0 Å². The van der Waals surface area contributed by atoms with Gasteiger partial charge in [0, 0.05) is 0 Å². The summed E-state index contributed by atoms with van der Waals surface area (Å²) in [5.74, 6) is 0.532. The van der Waals surface area contributed by atoms with Gasteiger partial charge in [0.2, 0.25) is 10.0 Å². The minimum atomic E-state index is -3.65. The first kappa shape index (κ1) is 21.3. The van der Waals surface area contributed by atoms with Crippen LogP contribution in [0.25, 0.3) is 5.69 Å². The molecule has 5 heterocycles. The molecule has 4 aromatic rings. The molecule has 2 aliphatic heterocycles. The molecule has 0 unspecified atom stereocenters. The Morgan fingerprint density at radius 1 is 1.12 bits per heavy atom. The highest BCUT2D eigenvalue weighted by Crippen LogP contribution is 2.36. The molecule has 4 atom stereocenters. The maximum atomic E-state index is 12.6. The highest BCUT2D eigenvalue weighted by atomic mass is 32.2. The largest absolute Gasteiger partial charge is 0.423 e. The van der Waals surface area contributed by atoms with Gasteiger partial charge in [0.05, 0.1) is 24.9 Å². The van der Waals surface area contributed by atoms with E-state index >= 15 is 0 Å². The van der Waals surface area contributed by atoms with Gasteiger partial charge in [-0.05, 0) is 46.1 Å². The smallest absolute Gasteiger partial charge is 0.341 e. The Kier molecular flexibility index (Phi) is 5.34. The number of hydrogen-bond acceptors (Lipinski definition) is 11. The van der Waals surface area contributed by atoms with Crippen LogP contribution >= 0.6 is 11.3 Å². The Labute approximate surface area is 197 Å². The van der Waals surface area contributed by atoms with Gasteiger partial charge in [0.15, 0.2) is 0 Å². The zero-order valence-electron chi connectivity index (χ0n) is 17.4. The van der Waals surface area contributed by atoms with Crippen LogP contribution in [-0.4, -0.2) is 74.9 Å². The van der Waals surface area contributed by atoms with E-state index in [-0.39, 0.29) is 29.5 Å². The molecule has 0 amide bonds. The molecule has 0 bridgehead atoms. The van der Waals surface area contributed by atoms with Gasteiger partial charge in [-0.25, -0.2) is 22.8 Å².